The van der Waals surface area contributed by atoms with Crippen LogP contribution in [0.15, 0.2) is 21.8 Å². The summed E-state index contributed by atoms with van der Waals surface area (Å²) in [5.41, 5.74) is -1.67. The molecule has 0 saturated carbocycles. The summed E-state index contributed by atoms with van der Waals surface area (Å²) in [6.45, 7) is 0.0268. The van der Waals surface area contributed by atoms with E-state index in [1.807, 2.05) is 0 Å². The number of ether oxygens (including phenoxy) is 1. The average Bonchev–Trinajstić information content (AvgIpc) is 2.23. The third kappa shape index (κ3) is 3.69. The molecule has 4 nitrogen and oxygen atoms in total. The number of allylic oxidation sites excluding steroid dienone is 2. The fourth-order valence-corrected chi connectivity index (χ4v) is 2.16. The summed E-state index contributed by atoms with van der Waals surface area (Å²) < 4.78 is 42.7. The van der Waals surface area contributed by atoms with Crippen LogP contribution in [-0.2, 0) is 4.74 Å². The molecule has 0 bridgehead atoms. The van der Waals surface area contributed by atoms with E-state index in [0.717, 1.165) is 0 Å². The molecule has 0 saturated heterocycles. The van der Waals surface area contributed by atoms with Crippen LogP contribution in [0.4, 0.5) is 13.2 Å². The summed E-state index contributed by atoms with van der Waals surface area (Å²) >= 11 is 8.15. The smallest absolute Gasteiger partial charge is 0.365 e. The molecule has 0 fully saturated rings. The SMILES string of the molecule is O=[N+]([O-])C1=CC(C(F)(F)F)=C(Br)CC1OCCCl. The van der Waals surface area contributed by atoms with Crippen molar-refractivity contribution < 1.29 is 22.8 Å². The number of halogens is 5. The van der Waals surface area contributed by atoms with Crippen molar-refractivity contribution in [3.05, 3.63) is 31.9 Å². The van der Waals surface area contributed by atoms with Crippen molar-refractivity contribution in [1.82, 2.24) is 0 Å². The first kappa shape index (κ1) is 15.5. The van der Waals surface area contributed by atoms with E-state index >= 15 is 0 Å². The maximum Gasteiger partial charge on any atom is 0.417 e. The summed E-state index contributed by atoms with van der Waals surface area (Å²) in [5.74, 6) is 0.106. The second-order valence-electron chi connectivity index (χ2n) is 3.40. The molecule has 1 aliphatic carbocycles. The van der Waals surface area contributed by atoms with Gasteiger partial charge >= 0.3 is 6.18 Å². The average molecular weight is 351 g/mol. The van der Waals surface area contributed by atoms with Gasteiger partial charge in [0.1, 0.15) is 0 Å². The zero-order valence-electron chi connectivity index (χ0n) is 8.84. The number of hydrogen-bond donors (Lipinski definition) is 0. The van der Waals surface area contributed by atoms with Crippen molar-refractivity contribution in [1.29, 1.82) is 0 Å². The molecule has 1 unspecified atom stereocenters. The number of hydrogen-bond acceptors (Lipinski definition) is 3. The van der Waals surface area contributed by atoms with Crippen molar-refractivity contribution in [3.8, 4) is 0 Å². The van der Waals surface area contributed by atoms with Crippen LogP contribution >= 0.6 is 27.5 Å². The van der Waals surface area contributed by atoms with Crippen molar-refractivity contribution >= 4 is 27.5 Å². The predicted octanol–water partition coefficient (Wildman–Crippen LogP) is 3.39. The molecular formula is C9H8BrClF3NO3. The summed E-state index contributed by atoms with van der Waals surface area (Å²) in [5, 5.41) is 10.7. The van der Waals surface area contributed by atoms with Gasteiger partial charge in [-0.25, -0.2) is 0 Å². The highest BCUT2D eigenvalue weighted by atomic mass is 79.9. The van der Waals surface area contributed by atoms with Gasteiger partial charge in [-0.2, -0.15) is 13.2 Å². The fourth-order valence-electron chi connectivity index (χ4n) is 1.43. The monoisotopic (exact) mass is 349 g/mol. The standard InChI is InChI=1S/C9H8BrClF3NO3/c10-6-4-8(18-2-1-11)7(15(16)17)3-5(6)9(12,13)14/h3,8H,1-2,4H2. The Bertz CT molecular complexity index is 408. The van der Waals surface area contributed by atoms with Crippen molar-refractivity contribution in [3.63, 3.8) is 0 Å². The van der Waals surface area contributed by atoms with E-state index in [4.69, 9.17) is 16.3 Å². The van der Waals surface area contributed by atoms with Crippen LogP contribution in [0.3, 0.4) is 0 Å². The molecule has 1 atom stereocenters. The Kier molecular flexibility index (Phi) is 5.18. The van der Waals surface area contributed by atoms with E-state index in [-0.39, 0.29) is 23.4 Å². The Hall–Kier alpha value is -0.600. The molecule has 102 valence electrons. The molecule has 0 aromatic carbocycles. The highest BCUT2D eigenvalue weighted by molar-refractivity contribution is 9.11. The highest BCUT2D eigenvalue weighted by Crippen LogP contribution is 2.39. The van der Waals surface area contributed by atoms with Gasteiger partial charge in [-0.3, -0.25) is 10.1 Å². The van der Waals surface area contributed by atoms with E-state index in [2.05, 4.69) is 15.9 Å². The van der Waals surface area contributed by atoms with Crippen LogP contribution < -0.4 is 0 Å². The topological polar surface area (TPSA) is 52.4 Å². The lowest BCUT2D eigenvalue weighted by molar-refractivity contribution is -0.437. The molecule has 1 rings (SSSR count). The number of rotatable bonds is 4. The Labute approximate surface area is 114 Å². The molecule has 18 heavy (non-hydrogen) atoms. The molecule has 0 radical (unpaired) electrons. The number of alkyl halides is 4. The van der Waals surface area contributed by atoms with Gasteiger partial charge in [0.05, 0.1) is 17.1 Å². The van der Waals surface area contributed by atoms with Crippen LogP contribution in [0.2, 0.25) is 0 Å². The van der Waals surface area contributed by atoms with Gasteiger partial charge in [0.15, 0.2) is 6.10 Å². The van der Waals surface area contributed by atoms with Crippen LogP contribution in [-0.4, -0.2) is 29.7 Å². The fraction of sp³-hybridized carbons (Fsp3) is 0.556. The van der Waals surface area contributed by atoms with Crippen LogP contribution in [0.1, 0.15) is 6.42 Å². The number of nitrogens with zero attached hydrogens (tertiary/aromatic N) is 1. The largest absolute Gasteiger partial charge is 0.417 e. The van der Waals surface area contributed by atoms with Crippen molar-refractivity contribution in [2.45, 2.75) is 18.7 Å². The Balaban J connectivity index is 3.05. The lowest BCUT2D eigenvalue weighted by Gasteiger charge is -2.21. The summed E-state index contributed by atoms with van der Waals surface area (Å²) in [7, 11) is 0. The second-order valence-corrected chi connectivity index (χ2v) is 4.73. The van der Waals surface area contributed by atoms with Crippen molar-refractivity contribution in [2.75, 3.05) is 12.5 Å². The minimum atomic E-state index is -4.64. The van der Waals surface area contributed by atoms with E-state index in [1.165, 1.54) is 0 Å². The normalized spacial score (nSPS) is 20.9. The van der Waals surface area contributed by atoms with Gasteiger partial charge < -0.3 is 4.74 Å². The van der Waals surface area contributed by atoms with Gasteiger partial charge in [0, 0.05) is 22.9 Å². The van der Waals surface area contributed by atoms with Crippen LogP contribution in [0.5, 0.6) is 0 Å². The molecule has 1 aliphatic rings. The molecule has 0 aromatic heterocycles. The molecule has 0 aromatic rings. The molecular weight excluding hydrogens is 342 g/mol. The molecule has 0 N–H and O–H groups in total. The van der Waals surface area contributed by atoms with E-state index < -0.39 is 28.5 Å². The maximum atomic E-state index is 12.6. The Morgan fingerprint density at radius 2 is 2.22 bits per heavy atom. The van der Waals surface area contributed by atoms with Crippen LogP contribution in [0.25, 0.3) is 0 Å². The summed E-state index contributed by atoms with van der Waals surface area (Å²) in [4.78, 5) is 9.86. The van der Waals surface area contributed by atoms with E-state index in [1.54, 1.807) is 0 Å². The molecule has 0 heterocycles. The highest BCUT2D eigenvalue weighted by Gasteiger charge is 2.41. The molecule has 0 aliphatic heterocycles. The quantitative estimate of drug-likeness (QED) is 0.444. The molecule has 9 heteroatoms. The van der Waals surface area contributed by atoms with Crippen molar-refractivity contribution in [2.24, 2.45) is 0 Å². The number of nitro groups is 1. The minimum Gasteiger partial charge on any atom is -0.365 e. The predicted molar refractivity (Wildman–Crippen MR) is 62.2 cm³/mol. The van der Waals surface area contributed by atoms with Crippen LogP contribution in [0, 0.1) is 10.1 Å². The van der Waals surface area contributed by atoms with Gasteiger partial charge in [0.25, 0.3) is 5.70 Å². The Morgan fingerprint density at radius 3 is 2.67 bits per heavy atom. The first-order valence-electron chi connectivity index (χ1n) is 4.76. The zero-order chi connectivity index (χ0) is 13.9. The third-order valence-electron chi connectivity index (χ3n) is 2.19. The Morgan fingerprint density at radius 1 is 1.61 bits per heavy atom. The maximum absolute atomic E-state index is 12.6. The summed E-state index contributed by atoms with van der Waals surface area (Å²) in [6, 6.07) is 0. The molecule has 0 amide bonds. The molecule has 0 spiro atoms. The van der Waals surface area contributed by atoms with E-state index in [0.29, 0.717) is 6.08 Å². The van der Waals surface area contributed by atoms with Gasteiger partial charge in [-0.1, -0.05) is 15.9 Å². The first-order valence-corrected chi connectivity index (χ1v) is 6.09. The van der Waals surface area contributed by atoms with Gasteiger partial charge in [-0.05, 0) is 0 Å². The van der Waals surface area contributed by atoms with Gasteiger partial charge in [-0.15, -0.1) is 11.6 Å². The first-order chi connectivity index (χ1) is 8.27. The lowest BCUT2D eigenvalue weighted by Crippen LogP contribution is -2.28. The van der Waals surface area contributed by atoms with E-state index in [9.17, 15) is 23.3 Å². The summed E-state index contributed by atoms with van der Waals surface area (Å²) in [6.07, 6.45) is -5.41. The lowest BCUT2D eigenvalue weighted by atomic mass is 10.0. The second kappa shape index (κ2) is 6.03. The third-order valence-corrected chi connectivity index (χ3v) is 3.10. The van der Waals surface area contributed by atoms with Gasteiger partial charge in [0.2, 0.25) is 0 Å². The zero-order valence-corrected chi connectivity index (χ0v) is 11.2. The minimum absolute atomic E-state index is 0.0268.